The minimum Gasteiger partial charge on any atom is -0.394 e. The first-order valence-corrected chi connectivity index (χ1v) is 7.91. The number of nitriles is 2. The summed E-state index contributed by atoms with van der Waals surface area (Å²) in [5, 5.41) is 32.1. The minimum atomic E-state index is -0.157. The van der Waals surface area contributed by atoms with E-state index in [1.807, 2.05) is 30.3 Å². The van der Waals surface area contributed by atoms with Crippen molar-refractivity contribution in [3.05, 3.63) is 46.6 Å². The number of nitrogen functional groups attached to an aromatic ring is 1. The van der Waals surface area contributed by atoms with Crippen molar-refractivity contribution in [1.82, 2.24) is 9.78 Å². The average molecular weight is 335 g/mol. The molecule has 0 aliphatic rings. The molecule has 0 spiro atoms. The van der Waals surface area contributed by atoms with Gasteiger partial charge in [0.25, 0.3) is 0 Å². The first-order chi connectivity index (χ1) is 11.8. The number of aromatic nitrogens is 2. The summed E-state index contributed by atoms with van der Waals surface area (Å²) in [6.45, 7) is 6.41. The second kappa shape index (κ2) is 7.21. The van der Waals surface area contributed by atoms with E-state index in [-0.39, 0.29) is 41.2 Å². The monoisotopic (exact) mass is 335 g/mol. The van der Waals surface area contributed by atoms with Crippen molar-refractivity contribution in [3.63, 3.8) is 0 Å². The van der Waals surface area contributed by atoms with Crippen LogP contribution in [0.25, 0.3) is 11.6 Å². The highest BCUT2D eigenvalue weighted by atomic mass is 16.3. The first-order valence-electron chi connectivity index (χ1n) is 7.91. The van der Waals surface area contributed by atoms with Gasteiger partial charge in [-0.05, 0) is 22.6 Å². The maximum absolute atomic E-state index is 9.51. The summed E-state index contributed by atoms with van der Waals surface area (Å²) >= 11 is 0. The number of aliphatic hydroxyl groups excluding tert-OH is 1. The number of hydrogen-bond acceptors (Lipinski definition) is 5. The number of rotatable bonds is 4. The fourth-order valence-corrected chi connectivity index (χ4v) is 2.44. The molecule has 0 fully saturated rings. The second-order valence-electron chi connectivity index (χ2n) is 6.71. The smallest absolute Gasteiger partial charge is 0.140 e. The third-order valence-electron chi connectivity index (χ3n) is 3.88. The van der Waals surface area contributed by atoms with Crippen LogP contribution in [0.2, 0.25) is 0 Å². The molecule has 2 aromatic rings. The Kier molecular flexibility index (Phi) is 5.26. The molecule has 0 aliphatic heterocycles. The summed E-state index contributed by atoms with van der Waals surface area (Å²) in [5.74, 6) is 0.149. The van der Waals surface area contributed by atoms with Crippen molar-refractivity contribution in [1.29, 1.82) is 10.5 Å². The molecule has 6 heteroatoms. The SMILES string of the molecule is CC(C)(C)c1ccc(/C=C(\C#N)c2nn(CCO)c(N)c2C#N)cc1. The van der Waals surface area contributed by atoms with E-state index in [1.54, 1.807) is 6.08 Å². The molecule has 0 radical (unpaired) electrons. The Balaban J connectivity index is 2.47. The lowest BCUT2D eigenvalue weighted by atomic mass is 9.86. The van der Waals surface area contributed by atoms with Gasteiger partial charge in [0, 0.05) is 0 Å². The van der Waals surface area contributed by atoms with E-state index in [0.717, 1.165) is 5.56 Å². The second-order valence-corrected chi connectivity index (χ2v) is 6.71. The van der Waals surface area contributed by atoms with Gasteiger partial charge >= 0.3 is 0 Å². The van der Waals surface area contributed by atoms with Gasteiger partial charge in [0.15, 0.2) is 0 Å². The van der Waals surface area contributed by atoms with E-state index in [4.69, 9.17) is 10.8 Å². The van der Waals surface area contributed by atoms with E-state index in [1.165, 1.54) is 10.2 Å². The predicted molar refractivity (Wildman–Crippen MR) is 97.1 cm³/mol. The molecule has 1 aromatic carbocycles. The fourth-order valence-electron chi connectivity index (χ4n) is 2.44. The summed E-state index contributed by atoms with van der Waals surface area (Å²) < 4.78 is 1.34. The van der Waals surface area contributed by atoms with Gasteiger partial charge in [-0.25, -0.2) is 4.68 Å². The summed E-state index contributed by atoms with van der Waals surface area (Å²) in [4.78, 5) is 0. The lowest BCUT2D eigenvalue weighted by molar-refractivity contribution is 0.270. The molecular weight excluding hydrogens is 314 g/mol. The topological polar surface area (TPSA) is 112 Å². The number of anilines is 1. The Morgan fingerprint density at radius 3 is 2.40 bits per heavy atom. The summed E-state index contributed by atoms with van der Waals surface area (Å²) in [7, 11) is 0. The highest BCUT2D eigenvalue weighted by Crippen LogP contribution is 2.26. The summed E-state index contributed by atoms with van der Waals surface area (Å²) in [5.41, 5.74) is 8.59. The van der Waals surface area contributed by atoms with Crippen LogP contribution in [0.15, 0.2) is 24.3 Å². The van der Waals surface area contributed by atoms with Gasteiger partial charge in [0.2, 0.25) is 0 Å². The molecule has 0 atom stereocenters. The number of benzene rings is 1. The molecular formula is C19H21N5O. The van der Waals surface area contributed by atoms with Gasteiger partial charge in [0.1, 0.15) is 29.2 Å². The lowest BCUT2D eigenvalue weighted by Crippen LogP contribution is -2.10. The minimum absolute atomic E-state index is 0.0474. The van der Waals surface area contributed by atoms with Gasteiger partial charge in [0.05, 0.1) is 18.7 Å². The zero-order valence-electron chi connectivity index (χ0n) is 14.6. The van der Waals surface area contributed by atoms with Gasteiger partial charge in [-0.15, -0.1) is 0 Å². The maximum Gasteiger partial charge on any atom is 0.140 e. The summed E-state index contributed by atoms with van der Waals surface area (Å²) in [6.07, 6.45) is 1.68. The van der Waals surface area contributed by atoms with Crippen LogP contribution >= 0.6 is 0 Å². The highest BCUT2D eigenvalue weighted by molar-refractivity contribution is 5.91. The van der Waals surface area contributed by atoms with Crippen LogP contribution in [0.3, 0.4) is 0 Å². The zero-order chi connectivity index (χ0) is 18.6. The quantitative estimate of drug-likeness (QED) is 0.834. The van der Waals surface area contributed by atoms with Crippen LogP contribution in [0.4, 0.5) is 5.82 Å². The Morgan fingerprint density at radius 1 is 1.28 bits per heavy atom. The largest absolute Gasteiger partial charge is 0.394 e. The number of nitrogens with zero attached hydrogens (tertiary/aromatic N) is 4. The van der Waals surface area contributed by atoms with Crippen molar-refractivity contribution in [2.45, 2.75) is 32.7 Å². The molecule has 0 saturated carbocycles. The third-order valence-corrected chi connectivity index (χ3v) is 3.88. The Labute approximate surface area is 147 Å². The van der Waals surface area contributed by atoms with Gasteiger partial charge in [-0.3, -0.25) is 0 Å². The normalized spacial score (nSPS) is 11.8. The Bertz CT molecular complexity index is 871. The molecule has 0 unspecified atom stereocenters. The molecule has 6 nitrogen and oxygen atoms in total. The predicted octanol–water partition coefficient (Wildman–Crippen LogP) is 2.69. The van der Waals surface area contributed by atoms with Crippen LogP contribution in [-0.2, 0) is 12.0 Å². The van der Waals surface area contributed by atoms with Gasteiger partial charge in [-0.2, -0.15) is 15.6 Å². The third kappa shape index (κ3) is 3.88. The summed E-state index contributed by atoms with van der Waals surface area (Å²) in [6, 6.07) is 12.0. The first kappa shape index (κ1) is 18.3. The lowest BCUT2D eigenvalue weighted by Gasteiger charge is -2.18. The van der Waals surface area contributed by atoms with Crippen molar-refractivity contribution < 1.29 is 5.11 Å². The van der Waals surface area contributed by atoms with Crippen molar-refractivity contribution in [2.75, 3.05) is 12.3 Å². The maximum atomic E-state index is 9.51. The Hall–Kier alpha value is -3.09. The van der Waals surface area contributed by atoms with E-state index in [0.29, 0.717) is 0 Å². The van der Waals surface area contributed by atoms with E-state index in [2.05, 4.69) is 31.9 Å². The molecule has 0 aliphatic carbocycles. The molecule has 1 heterocycles. The van der Waals surface area contributed by atoms with Crippen LogP contribution < -0.4 is 5.73 Å². The van der Waals surface area contributed by atoms with Crippen LogP contribution in [0, 0.1) is 22.7 Å². The number of nitrogens with two attached hydrogens (primary N) is 1. The van der Waals surface area contributed by atoms with Crippen LogP contribution in [0.1, 0.15) is 43.2 Å². The van der Waals surface area contributed by atoms with Crippen molar-refractivity contribution in [3.8, 4) is 12.1 Å². The van der Waals surface area contributed by atoms with Gasteiger partial charge < -0.3 is 10.8 Å². The molecule has 3 N–H and O–H groups in total. The van der Waals surface area contributed by atoms with E-state index in [9.17, 15) is 10.5 Å². The molecule has 2 rings (SSSR count). The average Bonchev–Trinajstić information content (AvgIpc) is 2.88. The molecule has 25 heavy (non-hydrogen) atoms. The van der Waals surface area contributed by atoms with Gasteiger partial charge in [-0.1, -0.05) is 45.0 Å². The zero-order valence-corrected chi connectivity index (χ0v) is 14.6. The molecule has 0 saturated heterocycles. The van der Waals surface area contributed by atoms with Crippen molar-refractivity contribution in [2.24, 2.45) is 0 Å². The van der Waals surface area contributed by atoms with Crippen LogP contribution in [-0.4, -0.2) is 21.5 Å². The standard InChI is InChI=1S/C19H21N5O/c1-19(2,3)15-6-4-13(5-7-15)10-14(11-20)17-16(12-21)18(22)24(23-17)8-9-25/h4-7,10,25H,8-9,22H2,1-3H3/b14-10+. The van der Waals surface area contributed by atoms with Crippen LogP contribution in [0.5, 0.6) is 0 Å². The van der Waals surface area contributed by atoms with E-state index < -0.39 is 0 Å². The highest BCUT2D eigenvalue weighted by Gasteiger charge is 2.19. The fraction of sp³-hybridized carbons (Fsp3) is 0.316. The Morgan fingerprint density at radius 2 is 1.92 bits per heavy atom. The van der Waals surface area contributed by atoms with Crippen molar-refractivity contribution >= 4 is 17.5 Å². The number of aliphatic hydroxyl groups is 1. The van der Waals surface area contributed by atoms with E-state index >= 15 is 0 Å². The number of hydrogen-bond donors (Lipinski definition) is 2. The molecule has 128 valence electrons. The molecule has 0 amide bonds. The number of allylic oxidation sites excluding steroid dienone is 1. The molecule has 0 bridgehead atoms. The molecule has 1 aromatic heterocycles.